The maximum absolute atomic E-state index is 3.74. The Kier molecular flexibility index (Phi) is 3.46. The lowest BCUT2D eigenvalue weighted by Crippen LogP contribution is -1.91. The second-order valence-electron chi connectivity index (χ2n) is 2.12. The summed E-state index contributed by atoms with van der Waals surface area (Å²) < 4.78 is 0. The smallest absolute Gasteiger partial charge is 0.0969 e. The minimum atomic E-state index is 1.00. The molecular formula is C10H10N2. The molecule has 1 aromatic carbocycles. The van der Waals surface area contributed by atoms with E-state index in [2.05, 4.69) is 22.4 Å². The molecule has 1 N–H and O–H groups in total. The Morgan fingerprint density at radius 2 is 2.08 bits per heavy atom. The predicted octanol–water partition coefficient (Wildman–Crippen LogP) is 1.24. The van der Waals surface area contributed by atoms with Crippen LogP contribution in [-0.2, 0) is 0 Å². The molecule has 0 aliphatic rings. The lowest BCUT2D eigenvalue weighted by atomic mass is 10.2. The van der Waals surface area contributed by atoms with Gasteiger partial charge in [-0.05, 0) is 18.1 Å². The fraction of sp³-hybridized carbons (Fsp3) is 0.100. The summed E-state index contributed by atoms with van der Waals surface area (Å²) in [5.41, 5.74) is 3.62. The van der Waals surface area contributed by atoms with Gasteiger partial charge in [0.15, 0.2) is 0 Å². The zero-order chi connectivity index (χ0) is 8.65. The van der Waals surface area contributed by atoms with E-state index in [-0.39, 0.29) is 0 Å². The Hall–Kier alpha value is -1.75. The lowest BCUT2D eigenvalue weighted by molar-refractivity contribution is 0.909. The van der Waals surface area contributed by atoms with E-state index < -0.39 is 0 Å². The van der Waals surface area contributed by atoms with E-state index in [1.165, 1.54) is 6.21 Å². The van der Waals surface area contributed by atoms with Crippen molar-refractivity contribution in [3.8, 4) is 11.8 Å². The molecule has 12 heavy (non-hydrogen) atoms. The van der Waals surface area contributed by atoms with E-state index in [1.54, 1.807) is 7.05 Å². The van der Waals surface area contributed by atoms with Gasteiger partial charge in [-0.25, -0.2) is 0 Å². The fourth-order valence-corrected chi connectivity index (χ4v) is 0.734. The molecule has 60 valence electrons. The van der Waals surface area contributed by atoms with Crippen molar-refractivity contribution in [2.24, 2.45) is 5.10 Å². The Balaban J connectivity index is 2.61. The molecule has 0 atom stereocenters. The van der Waals surface area contributed by atoms with E-state index in [0.717, 1.165) is 5.56 Å². The van der Waals surface area contributed by atoms with Crippen LogP contribution in [0.2, 0.25) is 0 Å². The summed E-state index contributed by atoms with van der Waals surface area (Å²) in [5, 5.41) is 3.74. The number of nitrogens with one attached hydrogen (secondary N) is 1. The molecule has 0 saturated carbocycles. The molecule has 0 aromatic heterocycles. The summed E-state index contributed by atoms with van der Waals surface area (Å²) in [6.45, 7) is 0. The molecule has 1 rings (SSSR count). The third-order valence-electron chi connectivity index (χ3n) is 1.25. The van der Waals surface area contributed by atoms with Crippen molar-refractivity contribution in [1.82, 2.24) is 5.43 Å². The first-order valence-electron chi connectivity index (χ1n) is 3.68. The average Bonchev–Trinajstić information content (AvgIpc) is 2.14. The zero-order valence-corrected chi connectivity index (χ0v) is 6.91. The summed E-state index contributed by atoms with van der Waals surface area (Å²) in [6.07, 6.45) is 1.53. The minimum absolute atomic E-state index is 1.00. The van der Waals surface area contributed by atoms with Gasteiger partial charge in [0.2, 0.25) is 0 Å². The van der Waals surface area contributed by atoms with E-state index >= 15 is 0 Å². The predicted molar refractivity (Wildman–Crippen MR) is 50.9 cm³/mol. The SMILES string of the molecule is CN/N=C\C#Cc1ccccc1. The Morgan fingerprint density at radius 3 is 2.75 bits per heavy atom. The molecule has 0 saturated heterocycles. The van der Waals surface area contributed by atoms with Gasteiger partial charge in [-0.15, -0.1) is 0 Å². The average molecular weight is 158 g/mol. The molecule has 0 unspecified atom stereocenters. The molecule has 0 heterocycles. The highest BCUT2D eigenvalue weighted by Gasteiger charge is 1.78. The van der Waals surface area contributed by atoms with Gasteiger partial charge in [-0.2, -0.15) is 5.10 Å². The van der Waals surface area contributed by atoms with Crippen LogP contribution >= 0.6 is 0 Å². The summed E-state index contributed by atoms with van der Waals surface area (Å²) in [5.74, 6) is 5.74. The maximum Gasteiger partial charge on any atom is 0.0969 e. The molecule has 0 amide bonds. The van der Waals surface area contributed by atoms with Crippen LogP contribution in [-0.4, -0.2) is 13.3 Å². The molecule has 0 aliphatic carbocycles. The molecule has 0 bridgehead atoms. The van der Waals surface area contributed by atoms with Crippen LogP contribution < -0.4 is 5.43 Å². The summed E-state index contributed by atoms with van der Waals surface area (Å²) in [4.78, 5) is 0. The number of hydrogen-bond donors (Lipinski definition) is 1. The molecular weight excluding hydrogens is 148 g/mol. The van der Waals surface area contributed by atoms with E-state index in [0.29, 0.717) is 0 Å². The fourth-order valence-electron chi connectivity index (χ4n) is 0.734. The first-order chi connectivity index (χ1) is 5.93. The van der Waals surface area contributed by atoms with Crippen molar-refractivity contribution in [1.29, 1.82) is 0 Å². The zero-order valence-electron chi connectivity index (χ0n) is 6.91. The second-order valence-corrected chi connectivity index (χ2v) is 2.12. The first kappa shape index (κ1) is 8.35. The van der Waals surface area contributed by atoms with Gasteiger partial charge in [0.05, 0.1) is 6.21 Å². The van der Waals surface area contributed by atoms with Crippen LogP contribution in [0.25, 0.3) is 0 Å². The van der Waals surface area contributed by atoms with E-state index in [1.807, 2.05) is 30.3 Å². The van der Waals surface area contributed by atoms with Gasteiger partial charge in [0.25, 0.3) is 0 Å². The van der Waals surface area contributed by atoms with Crippen molar-refractivity contribution < 1.29 is 0 Å². The van der Waals surface area contributed by atoms with Crippen LogP contribution in [0, 0.1) is 11.8 Å². The molecule has 1 aromatic rings. The molecule has 2 heteroatoms. The summed E-state index contributed by atoms with van der Waals surface area (Å²) in [6, 6.07) is 9.80. The highest BCUT2D eigenvalue weighted by Crippen LogP contribution is 1.93. The van der Waals surface area contributed by atoms with Gasteiger partial charge in [-0.1, -0.05) is 24.1 Å². The summed E-state index contributed by atoms with van der Waals surface area (Å²) >= 11 is 0. The second kappa shape index (κ2) is 4.97. The molecule has 2 nitrogen and oxygen atoms in total. The van der Waals surface area contributed by atoms with Crippen LogP contribution in [0.4, 0.5) is 0 Å². The Bertz CT molecular complexity index is 304. The molecule has 0 aliphatic heterocycles. The van der Waals surface area contributed by atoms with Crippen LogP contribution in [0.15, 0.2) is 35.4 Å². The van der Waals surface area contributed by atoms with E-state index in [4.69, 9.17) is 0 Å². The third kappa shape index (κ3) is 2.89. The normalized spacial score (nSPS) is 9.08. The first-order valence-corrected chi connectivity index (χ1v) is 3.68. The highest BCUT2D eigenvalue weighted by atomic mass is 15.3. The minimum Gasteiger partial charge on any atom is -0.313 e. The maximum atomic E-state index is 3.74. The van der Waals surface area contributed by atoms with Gasteiger partial charge in [0.1, 0.15) is 0 Å². The van der Waals surface area contributed by atoms with Crippen LogP contribution in [0.3, 0.4) is 0 Å². The van der Waals surface area contributed by atoms with Crippen molar-refractivity contribution in [2.45, 2.75) is 0 Å². The third-order valence-corrected chi connectivity index (χ3v) is 1.25. The van der Waals surface area contributed by atoms with Crippen molar-refractivity contribution >= 4 is 6.21 Å². The molecule has 0 spiro atoms. The van der Waals surface area contributed by atoms with Gasteiger partial charge < -0.3 is 5.43 Å². The highest BCUT2D eigenvalue weighted by molar-refractivity contribution is 5.78. The number of hydrogen-bond acceptors (Lipinski definition) is 2. The largest absolute Gasteiger partial charge is 0.313 e. The standard InChI is InChI=1S/C10H10N2/c1-11-12-9-5-8-10-6-3-2-4-7-10/h2-4,6-7,9,11H,1H3/b12-9-. The quantitative estimate of drug-likeness (QED) is 0.371. The van der Waals surface area contributed by atoms with Crippen molar-refractivity contribution in [2.75, 3.05) is 7.05 Å². The number of rotatable bonds is 1. The molecule has 0 fully saturated rings. The van der Waals surface area contributed by atoms with Gasteiger partial charge >= 0.3 is 0 Å². The van der Waals surface area contributed by atoms with Crippen LogP contribution in [0.5, 0.6) is 0 Å². The number of nitrogens with zero attached hydrogens (tertiary/aromatic N) is 1. The Labute approximate surface area is 72.3 Å². The topological polar surface area (TPSA) is 24.4 Å². The molecule has 0 radical (unpaired) electrons. The lowest BCUT2D eigenvalue weighted by Gasteiger charge is -1.84. The van der Waals surface area contributed by atoms with Gasteiger partial charge in [-0.3, -0.25) is 0 Å². The van der Waals surface area contributed by atoms with Crippen molar-refractivity contribution in [3.05, 3.63) is 35.9 Å². The van der Waals surface area contributed by atoms with Crippen molar-refractivity contribution in [3.63, 3.8) is 0 Å². The monoisotopic (exact) mass is 158 g/mol. The number of benzene rings is 1. The van der Waals surface area contributed by atoms with E-state index in [9.17, 15) is 0 Å². The summed E-state index contributed by atoms with van der Waals surface area (Å²) in [7, 11) is 1.74. The number of hydrazone groups is 1. The van der Waals surface area contributed by atoms with Gasteiger partial charge in [0, 0.05) is 12.6 Å². The van der Waals surface area contributed by atoms with Crippen LogP contribution in [0.1, 0.15) is 5.56 Å². The Morgan fingerprint density at radius 1 is 1.33 bits per heavy atom.